The van der Waals surface area contributed by atoms with Crippen molar-refractivity contribution in [1.29, 1.82) is 0 Å². The molecule has 8 heteroatoms. The lowest BCUT2D eigenvalue weighted by atomic mass is 10.1. The average Bonchev–Trinajstić information content (AvgIpc) is 3.36. The maximum absolute atomic E-state index is 13.2. The van der Waals surface area contributed by atoms with Gasteiger partial charge in [-0.15, -0.1) is 0 Å². The fraction of sp³-hybridized carbons (Fsp3) is 0.450. The molecule has 2 aromatic rings. The first-order valence-electron chi connectivity index (χ1n) is 9.51. The Hall–Kier alpha value is -3.03. The monoisotopic (exact) mass is 387 g/mol. The van der Waals surface area contributed by atoms with Gasteiger partial charge in [-0.05, 0) is 38.0 Å². The average molecular weight is 387 g/mol. The highest BCUT2D eigenvalue weighted by Gasteiger charge is 2.26. The molecule has 0 fully saturated rings. The minimum Gasteiger partial charge on any atom is -0.454 e. The minimum absolute atomic E-state index is 0.0240. The Morgan fingerprint density at radius 3 is 2.61 bits per heavy atom. The lowest BCUT2D eigenvalue weighted by Crippen LogP contribution is -2.39. The highest BCUT2D eigenvalue weighted by molar-refractivity contribution is 5.95. The van der Waals surface area contributed by atoms with Gasteiger partial charge in [0.15, 0.2) is 23.0 Å². The molecule has 28 heavy (non-hydrogen) atoms. The van der Waals surface area contributed by atoms with Crippen LogP contribution in [0.15, 0.2) is 28.8 Å². The molecule has 0 saturated heterocycles. The number of hydrogen-bond donors (Lipinski definition) is 1. The van der Waals surface area contributed by atoms with Gasteiger partial charge in [0.1, 0.15) is 0 Å². The van der Waals surface area contributed by atoms with Crippen LogP contribution in [0.3, 0.4) is 0 Å². The molecule has 0 bridgehead atoms. The predicted octanol–water partition coefficient (Wildman–Crippen LogP) is 2.98. The van der Waals surface area contributed by atoms with Crippen LogP contribution in [-0.4, -0.2) is 41.3 Å². The smallest absolute Gasteiger partial charge is 0.273 e. The van der Waals surface area contributed by atoms with Crippen LogP contribution >= 0.6 is 0 Å². The van der Waals surface area contributed by atoms with E-state index in [4.69, 9.17) is 14.0 Å². The Balaban J connectivity index is 1.83. The molecule has 3 rings (SSSR count). The summed E-state index contributed by atoms with van der Waals surface area (Å²) in [6.07, 6.45) is 1.59. The van der Waals surface area contributed by atoms with Gasteiger partial charge in [-0.25, -0.2) is 0 Å². The third kappa shape index (κ3) is 4.11. The van der Waals surface area contributed by atoms with E-state index in [1.165, 1.54) is 0 Å². The van der Waals surface area contributed by atoms with Gasteiger partial charge in [-0.3, -0.25) is 9.59 Å². The number of nitrogens with zero attached hydrogens (tertiary/aromatic N) is 2. The molecule has 1 aliphatic heterocycles. The van der Waals surface area contributed by atoms with Gasteiger partial charge in [0.2, 0.25) is 6.79 Å². The Labute approximate surface area is 163 Å². The van der Waals surface area contributed by atoms with Crippen molar-refractivity contribution in [2.45, 2.75) is 46.2 Å². The standard InChI is InChI=1S/C20H25N3O5/c1-4-14(5-2)23(11-15-10-16(22-28-15)19(24)21-6-3)20(25)13-7-8-17-18(9-13)27-12-26-17/h7-10,14H,4-6,11-12H2,1-3H3,(H,21,24). The summed E-state index contributed by atoms with van der Waals surface area (Å²) >= 11 is 0. The maximum atomic E-state index is 13.2. The summed E-state index contributed by atoms with van der Waals surface area (Å²) in [7, 11) is 0. The van der Waals surface area contributed by atoms with Gasteiger partial charge < -0.3 is 24.2 Å². The van der Waals surface area contributed by atoms with Crippen molar-refractivity contribution in [3.05, 3.63) is 41.3 Å². The Kier molecular flexibility index (Phi) is 6.18. The summed E-state index contributed by atoms with van der Waals surface area (Å²) in [6.45, 7) is 6.79. The molecule has 0 aliphatic carbocycles. The zero-order chi connectivity index (χ0) is 20.1. The van der Waals surface area contributed by atoms with Crippen molar-refractivity contribution in [3.63, 3.8) is 0 Å². The fourth-order valence-electron chi connectivity index (χ4n) is 3.21. The SMILES string of the molecule is CCNC(=O)c1cc(CN(C(=O)c2ccc3c(c2)OCO3)C(CC)CC)on1. The van der Waals surface area contributed by atoms with E-state index in [1.807, 2.05) is 20.8 Å². The largest absolute Gasteiger partial charge is 0.454 e. The van der Waals surface area contributed by atoms with E-state index < -0.39 is 0 Å². The molecule has 1 aliphatic rings. The molecule has 1 aromatic carbocycles. The highest BCUT2D eigenvalue weighted by atomic mass is 16.7. The van der Waals surface area contributed by atoms with Crippen LogP contribution in [0.5, 0.6) is 11.5 Å². The zero-order valence-electron chi connectivity index (χ0n) is 16.4. The van der Waals surface area contributed by atoms with Crippen molar-refractivity contribution in [2.24, 2.45) is 0 Å². The third-order valence-corrected chi connectivity index (χ3v) is 4.72. The second kappa shape index (κ2) is 8.77. The van der Waals surface area contributed by atoms with E-state index in [-0.39, 0.29) is 36.9 Å². The first kappa shape index (κ1) is 19.7. The van der Waals surface area contributed by atoms with Crippen LogP contribution in [0.1, 0.15) is 60.2 Å². The van der Waals surface area contributed by atoms with Crippen molar-refractivity contribution in [1.82, 2.24) is 15.4 Å². The topological polar surface area (TPSA) is 93.9 Å². The van der Waals surface area contributed by atoms with Crippen LogP contribution in [0, 0.1) is 0 Å². The van der Waals surface area contributed by atoms with E-state index in [0.717, 1.165) is 12.8 Å². The van der Waals surface area contributed by atoms with Gasteiger partial charge in [-0.1, -0.05) is 19.0 Å². The maximum Gasteiger partial charge on any atom is 0.273 e. The van der Waals surface area contributed by atoms with Crippen molar-refractivity contribution in [2.75, 3.05) is 13.3 Å². The van der Waals surface area contributed by atoms with Gasteiger partial charge in [0.05, 0.1) is 6.54 Å². The van der Waals surface area contributed by atoms with E-state index >= 15 is 0 Å². The molecule has 8 nitrogen and oxygen atoms in total. The molecule has 0 spiro atoms. The van der Waals surface area contributed by atoms with Crippen molar-refractivity contribution >= 4 is 11.8 Å². The minimum atomic E-state index is -0.298. The number of carbonyl (C=O) groups is 2. The Bertz CT molecular complexity index is 844. The number of rotatable bonds is 8. The van der Waals surface area contributed by atoms with Crippen LogP contribution < -0.4 is 14.8 Å². The highest BCUT2D eigenvalue weighted by Crippen LogP contribution is 2.33. The van der Waals surface area contributed by atoms with E-state index in [2.05, 4.69) is 10.5 Å². The molecule has 1 N–H and O–H groups in total. The number of amides is 2. The number of aromatic nitrogens is 1. The summed E-state index contributed by atoms with van der Waals surface area (Å²) in [6, 6.07) is 6.76. The molecule has 150 valence electrons. The lowest BCUT2D eigenvalue weighted by molar-refractivity contribution is 0.0627. The summed E-state index contributed by atoms with van der Waals surface area (Å²) in [5.41, 5.74) is 0.719. The Morgan fingerprint density at radius 1 is 1.14 bits per heavy atom. The molecule has 1 aromatic heterocycles. The first-order valence-corrected chi connectivity index (χ1v) is 9.51. The second-order valence-electron chi connectivity index (χ2n) is 6.51. The molecule has 0 atom stereocenters. The van der Waals surface area contributed by atoms with Gasteiger partial charge in [0.25, 0.3) is 11.8 Å². The Morgan fingerprint density at radius 2 is 1.89 bits per heavy atom. The van der Waals surface area contributed by atoms with E-state index in [1.54, 1.807) is 29.2 Å². The van der Waals surface area contributed by atoms with Crippen LogP contribution in [0.2, 0.25) is 0 Å². The van der Waals surface area contributed by atoms with Crippen molar-refractivity contribution in [3.8, 4) is 11.5 Å². The lowest BCUT2D eigenvalue weighted by Gasteiger charge is -2.29. The predicted molar refractivity (Wildman–Crippen MR) is 101 cm³/mol. The molecule has 0 unspecified atom stereocenters. The number of nitrogens with one attached hydrogen (secondary N) is 1. The summed E-state index contributed by atoms with van der Waals surface area (Å²) < 4.78 is 16.0. The van der Waals surface area contributed by atoms with Crippen LogP contribution in [0.25, 0.3) is 0 Å². The van der Waals surface area contributed by atoms with Crippen LogP contribution in [-0.2, 0) is 6.54 Å². The summed E-state index contributed by atoms with van der Waals surface area (Å²) in [4.78, 5) is 26.9. The summed E-state index contributed by atoms with van der Waals surface area (Å²) in [5.74, 6) is 1.22. The van der Waals surface area contributed by atoms with Crippen molar-refractivity contribution < 1.29 is 23.6 Å². The third-order valence-electron chi connectivity index (χ3n) is 4.72. The van der Waals surface area contributed by atoms with E-state index in [0.29, 0.717) is 29.4 Å². The number of fused-ring (bicyclic) bond motifs is 1. The second-order valence-corrected chi connectivity index (χ2v) is 6.51. The molecule has 2 heterocycles. The molecule has 0 radical (unpaired) electrons. The molecular weight excluding hydrogens is 362 g/mol. The van der Waals surface area contributed by atoms with Gasteiger partial charge in [0, 0.05) is 24.2 Å². The summed E-state index contributed by atoms with van der Waals surface area (Å²) in [5, 5.41) is 6.49. The quantitative estimate of drug-likeness (QED) is 0.748. The molecule has 2 amide bonds. The first-order chi connectivity index (χ1) is 13.6. The van der Waals surface area contributed by atoms with Gasteiger partial charge in [-0.2, -0.15) is 0 Å². The number of benzene rings is 1. The number of ether oxygens (including phenoxy) is 2. The fourth-order valence-corrected chi connectivity index (χ4v) is 3.21. The number of carbonyl (C=O) groups excluding carboxylic acids is 2. The van der Waals surface area contributed by atoms with Crippen LogP contribution in [0.4, 0.5) is 0 Å². The van der Waals surface area contributed by atoms with Gasteiger partial charge >= 0.3 is 0 Å². The number of hydrogen-bond acceptors (Lipinski definition) is 6. The molecular formula is C20H25N3O5. The normalized spacial score (nSPS) is 12.3. The zero-order valence-corrected chi connectivity index (χ0v) is 16.4. The van der Waals surface area contributed by atoms with E-state index in [9.17, 15) is 9.59 Å². The molecule has 0 saturated carbocycles.